The molecule has 1 unspecified atom stereocenters. The fourth-order valence-electron chi connectivity index (χ4n) is 7.86. The number of ketones is 1. The van der Waals surface area contributed by atoms with Crippen LogP contribution in [0, 0.1) is 0 Å². The van der Waals surface area contributed by atoms with Gasteiger partial charge in [0.25, 0.3) is 0 Å². The van der Waals surface area contributed by atoms with Gasteiger partial charge >= 0.3 is 0 Å². The van der Waals surface area contributed by atoms with Crippen molar-refractivity contribution in [1.29, 1.82) is 0 Å². The molecule has 4 atom stereocenters. The molecule has 1 saturated carbocycles. The largest absolute Gasteiger partial charge is 0.504 e. The molecule has 5 nitrogen and oxygen atoms in total. The van der Waals surface area contributed by atoms with E-state index in [0.29, 0.717) is 18.8 Å². The van der Waals surface area contributed by atoms with Gasteiger partial charge in [-0.05, 0) is 75.7 Å². The minimum absolute atomic E-state index is 0.141. The van der Waals surface area contributed by atoms with Gasteiger partial charge in [-0.2, -0.15) is 0 Å². The van der Waals surface area contributed by atoms with Crippen LogP contribution in [-0.2, 0) is 27.8 Å². The molecule has 4 aliphatic rings. The highest BCUT2D eigenvalue weighted by Gasteiger charge is 2.78. The van der Waals surface area contributed by atoms with Crippen molar-refractivity contribution in [1.82, 2.24) is 4.90 Å². The number of rotatable bonds is 7. The van der Waals surface area contributed by atoms with Crippen LogP contribution in [0.25, 0.3) is 0 Å². The molecule has 2 bridgehead atoms. The zero-order valence-electron chi connectivity index (χ0n) is 20.3. The predicted octanol–water partition coefficient (Wildman–Crippen LogP) is 4.57. The Hall–Kier alpha value is -2.37. The predicted molar refractivity (Wildman–Crippen MR) is 130 cm³/mol. The van der Waals surface area contributed by atoms with E-state index < -0.39 is 16.6 Å². The second-order valence-electron chi connectivity index (χ2n) is 10.7. The molecule has 0 radical (unpaired) electrons. The van der Waals surface area contributed by atoms with Crippen molar-refractivity contribution in [2.24, 2.45) is 0 Å². The molecular weight excluding hydrogens is 426 g/mol. The number of hydrogen-bond acceptors (Lipinski definition) is 5. The van der Waals surface area contributed by atoms with Gasteiger partial charge in [-0.25, -0.2) is 0 Å². The summed E-state index contributed by atoms with van der Waals surface area (Å²) in [6.07, 6.45) is 5.86. The first-order chi connectivity index (χ1) is 16.5. The molecular formula is C29H35NO4. The van der Waals surface area contributed by atoms with Gasteiger partial charge in [-0.3, -0.25) is 9.69 Å². The van der Waals surface area contributed by atoms with Crippen LogP contribution in [0.15, 0.2) is 42.5 Å². The normalized spacial score (nSPS) is 33.5. The summed E-state index contributed by atoms with van der Waals surface area (Å²) in [5, 5.41) is 10.8. The summed E-state index contributed by atoms with van der Waals surface area (Å²) in [4.78, 5) is 16.1. The standard InChI is InChI=1S/C29H35NO4/c1-3-16-30-17-15-28-25-21-11-12-22(31)26(25)34-27(28,2)24(32)13-14-29(28,23(30)19-21)33-18-7-10-20-8-5-4-6-9-20/h4-6,8-9,11-12,23,31H,3,7,10,13-19H2,1-2H3/t23-,27?,28+,29-/m1/s1. The summed E-state index contributed by atoms with van der Waals surface area (Å²) in [5.74, 6) is 0.806. The number of carbonyl (C=O) groups excluding carboxylic acids is 1. The van der Waals surface area contributed by atoms with Crippen molar-refractivity contribution in [3.05, 3.63) is 59.2 Å². The van der Waals surface area contributed by atoms with E-state index in [1.807, 2.05) is 19.1 Å². The Bertz CT molecular complexity index is 1120. The number of phenolic OH excluding ortho intramolecular Hbond substituents is 1. The number of hydrogen-bond donors (Lipinski definition) is 1. The topological polar surface area (TPSA) is 59.0 Å². The lowest BCUT2D eigenvalue weighted by Gasteiger charge is -2.66. The van der Waals surface area contributed by atoms with E-state index >= 15 is 0 Å². The number of phenols is 1. The lowest BCUT2D eigenvalue weighted by atomic mass is 9.45. The van der Waals surface area contributed by atoms with E-state index in [9.17, 15) is 9.90 Å². The molecule has 0 aromatic heterocycles. The van der Waals surface area contributed by atoms with Crippen LogP contribution in [0.1, 0.15) is 62.6 Å². The number of carbonyl (C=O) groups is 1. The van der Waals surface area contributed by atoms with Gasteiger partial charge in [0.15, 0.2) is 22.9 Å². The Kier molecular flexibility index (Phi) is 5.09. The average Bonchev–Trinajstić information content (AvgIpc) is 3.13. The number of aromatic hydroxyl groups is 1. The van der Waals surface area contributed by atoms with E-state index in [-0.39, 0.29) is 17.6 Å². The number of nitrogens with zero attached hydrogens (tertiary/aromatic N) is 1. The highest BCUT2D eigenvalue weighted by Crippen LogP contribution is 2.69. The third-order valence-electron chi connectivity index (χ3n) is 9.24. The molecule has 180 valence electrons. The third kappa shape index (κ3) is 2.71. The van der Waals surface area contributed by atoms with Crippen LogP contribution < -0.4 is 4.74 Å². The number of benzene rings is 2. The van der Waals surface area contributed by atoms with Crippen molar-refractivity contribution in [3.8, 4) is 11.5 Å². The molecule has 1 N–H and O–H groups in total. The quantitative estimate of drug-likeness (QED) is 0.612. The van der Waals surface area contributed by atoms with Crippen molar-refractivity contribution >= 4 is 5.78 Å². The van der Waals surface area contributed by atoms with Gasteiger partial charge in [-0.15, -0.1) is 0 Å². The minimum Gasteiger partial charge on any atom is -0.504 e. The lowest BCUT2D eigenvalue weighted by Crippen LogP contribution is -2.80. The highest BCUT2D eigenvalue weighted by atomic mass is 16.5. The Balaban J connectivity index is 1.44. The lowest BCUT2D eigenvalue weighted by molar-refractivity contribution is -0.231. The molecule has 2 aromatic rings. The number of ether oxygens (including phenoxy) is 2. The number of Topliss-reactive ketones (excluding diaryl/α,β-unsaturated/α-hetero) is 1. The summed E-state index contributed by atoms with van der Waals surface area (Å²) in [7, 11) is 0. The first kappa shape index (κ1) is 22.1. The van der Waals surface area contributed by atoms with Crippen molar-refractivity contribution in [3.63, 3.8) is 0 Å². The SMILES string of the molecule is CCCN1CC[C@]23c4c5ccc(O)c4OC2(C)C(=O)CC[C@@]3(OCCCc2ccccc2)[C@H]1C5. The van der Waals surface area contributed by atoms with Gasteiger partial charge in [-0.1, -0.05) is 43.3 Å². The summed E-state index contributed by atoms with van der Waals surface area (Å²) in [5.41, 5.74) is 1.53. The van der Waals surface area contributed by atoms with Crippen LogP contribution in [-0.4, -0.2) is 52.7 Å². The Labute approximate surface area is 202 Å². The molecule has 2 fully saturated rings. The molecule has 0 amide bonds. The van der Waals surface area contributed by atoms with Gasteiger partial charge in [0.05, 0.1) is 11.0 Å². The average molecular weight is 462 g/mol. The molecule has 1 saturated heterocycles. The second-order valence-corrected chi connectivity index (χ2v) is 10.7. The number of aryl methyl sites for hydroxylation is 1. The zero-order chi connectivity index (χ0) is 23.6. The Morgan fingerprint density at radius 2 is 2.00 bits per heavy atom. The van der Waals surface area contributed by atoms with E-state index in [1.54, 1.807) is 6.07 Å². The zero-order valence-corrected chi connectivity index (χ0v) is 20.3. The third-order valence-corrected chi connectivity index (χ3v) is 9.24. The van der Waals surface area contributed by atoms with Gasteiger partial charge in [0.1, 0.15) is 0 Å². The van der Waals surface area contributed by atoms with Crippen molar-refractivity contribution < 1.29 is 19.4 Å². The fraction of sp³-hybridized carbons (Fsp3) is 0.552. The maximum absolute atomic E-state index is 13.5. The summed E-state index contributed by atoms with van der Waals surface area (Å²) in [6.45, 7) is 6.81. The van der Waals surface area contributed by atoms with Gasteiger partial charge in [0, 0.05) is 24.6 Å². The van der Waals surface area contributed by atoms with E-state index in [4.69, 9.17) is 9.47 Å². The summed E-state index contributed by atoms with van der Waals surface area (Å²) < 4.78 is 13.6. The van der Waals surface area contributed by atoms with Gasteiger partial charge in [0.2, 0.25) is 0 Å². The highest BCUT2D eigenvalue weighted by molar-refractivity contribution is 5.94. The first-order valence-electron chi connectivity index (χ1n) is 13.0. The molecule has 2 aliphatic heterocycles. The molecule has 6 rings (SSSR count). The van der Waals surface area contributed by atoms with Crippen molar-refractivity contribution in [2.45, 2.75) is 81.5 Å². The van der Waals surface area contributed by atoms with Crippen LogP contribution in [0.2, 0.25) is 0 Å². The summed E-state index contributed by atoms with van der Waals surface area (Å²) in [6, 6.07) is 14.5. The van der Waals surface area contributed by atoms with Crippen LogP contribution >= 0.6 is 0 Å². The monoisotopic (exact) mass is 461 g/mol. The van der Waals surface area contributed by atoms with Crippen LogP contribution in [0.5, 0.6) is 11.5 Å². The molecule has 2 aliphatic carbocycles. The molecule has 34 heavy (non-hydrogen) atoms. The smallest absolute Gasteiger partial charge is 0.177 e. The van der Waals surface area contributed by atoms with Crippen LogP contribution in [0.3, 0.4) is 0 Å². The van der Waals surface area contributed by atoms with E-state index in [1.165, 1.54) is 11.1 Å². The maximum Gasteiger partial charge on any atom is 0.177 e. The minimum atomic E-state index is -1.00. The Morgan fingerprint density at radius 1 is 1.18 bits per heavy atom. The second kappa shape index (κ2) is 7.82. The van der Waals surface area contributed by atoms with Crippen LogP contribution in [0.4, 0.5) is 0 Å². The van der Waals surface area contributed by atoms with E-state index in [0.717, 1.165) is 57.2 Å². The maximum atomic E-state index is 13.5. The molecule has 5 heteroatoms. The van der Waals surface area contributed by atoms with Crippen molar-refractivity contribution in [2.75, 3.05) is 19.7 Å². The fourth-order valence-corrected chi connectivity index (χ4v) is 7.86. The Morgan fingerprint density at radius 3 is 2.79 bits per heavy atom. The first-order valence-corrected chi connectivity index (χ1v) is 13.0. The van der Waals surface area contributed by atoms with Gasteiger partial charge < -0.3 is 14.6 Å². The molecule has 2 heterocycles. The van der Waals surface area contributed by atoms with E-state index in [2.05, 4.69) is 36.1 Å². The molecule has 2 aromatic carbocycles. The number of likely N-dealkylation sites (tertiary alicyclic amines) is 1. The number of piperidine rings is 1. The summed E-state index contributed by atoms with van der Waals surface area (Å²) >= 11 is 0. The molecule has 1 spiro atoms.